The van der Waals surface area contributed by atoms with Gasteiger partial charge in [0.1, 0.15) is 5.69 Å². The van der Waals surface area contributed by atoms with Gasteiger partial charge in [0.25, 0.3) is 5.56 Å². The van der Waals surface area contributed by atoms with Gasteiger partial charge < -0.3 is 10.3 Å². The van der Waals surface area contributed by atoms with Gasteiger partial charge in [-0.05, 0) is 17.7 Å². The number of fused-ring (bicyclic) bond motifs is 1. The molecule has 1 aromatic carbocycles. The highest BCUT2D eigenvalue weighted by Gasteiger charge is 2.33. The van der Waals surface area contributed by atoms with Crippen LogP contribution in [0, 0.1) is 0 Å². The van der Waals surface area contributed by atoms with Crippen molar-refractivity contribution < 1.29 is 13.2 Å². The minimum atomic E-state index is -4.68. The molecule has 0 aliphatic rings. The maximum atomic E-state index is 12.7. The molecule has 0 atom stereocenters. The van der Waals surface area contributed by atoms with Gasteiger partial charge in [0.15, 0.2) is 0 Å². The molecule has 0 aliphatic carbocycles. The van der Waals surface area contributed by atoms with Gasteiger partial charge in [0, 0.05) is 22.7 Å². The molecule has 0 spiro atoms. The molecule has 2 N–H and O–H groups in total. The predicted octanol–water partition coefficient (Wildman–Crippen LogP) is 3.36. The lowest BCUT2D eigenvalue weighted by Crippen LogP contribution is -2.20. The average Bonchev–Trinajstić information content (AvgIpc) is 2.89. The van der Waals surface area contributed by atoms with Gasteiger partial charge in [-0.3, -0.25) is 4.79 Å². The summed E-state index contributed by atoms with van der Waals surface area (Å²) >= 11 is 11.8. The number of aromatic amines is 1. The van der Waals surface area contributed by atoms with Gasteiger partial charge in [-0.1, -0.05) is 29.3 Å². The summed E-state index contributed by atoms with van der Waals surface area (Å²) in [5.41, 5.74) is -1.46. The van der Waals surface area contributed by atoms with Crippen LogP contribution in [0.2, 0.25) is 10.0 Å². The molecule has 0 aliphatic heterocycles. The number of nitrogens with zero attached hydrogens (tertiary/aromatic N) is 3. The summed E-state index contributed by atoms with van der Waals surface area (Å²) in [5, 5.41) is 7.48. The van der Waals surface area contributed by atoms with Crippen LogP contribution >= 0.6 is 23.2 Å². The molecule has 11 heteroatoms. The number of hydrogen-bond acceptors (Lipinski definition) is 4. The minimum Gasteiger partial charge on any atom is -0.349 e. The van der Waals surface area contributed by atoms with E-state index in [0.29, 0.717) is 21.7 Å². The van der Waals surface area contributed by atoms with E-state index in [1.165, 1.54) is 0 Å². The maximum Gasteiger partial charge on any atom is 0.431 e. The molecule has 24 heavy (non-hydrogen) atoms. The molecule has 0 saturated carbocycles. The maximum absolute atomic E-state index is 12.7. The third-order valence-corrected chi connectivity index (χ3v) is 3.67. The average molecular weight is 378 g/mol. The van der Waals surface area contributed by atoms with Crippen molar-refractivity contribution in [1.29, 1.82) is 0 Å². The molecule has 0 fully saturated rings. The van der Waals surface area contributed by atoms with Crippen molar-refractivity contribution in [2.24, 2.45) is 0 Å². The Hall–Kier alpha value is -2.26. The molecule has 6 nitrogen and oxygen atoms in total. The third-order valence-electron chi connectivity index (χ3n) is 3.09. The van der Waals surface area contributed by atoms with Crippen LogP contribution < -0.4 is 10.9 Å². The van der Waals surface area contributed by atoms with Crippen LogP contribution in [0.25, 0.3) is 5.78 Å². The predicted molar refractivity (Wildman–Crippen MR) is 82.4 cm³/mol. The Balaban J connectivity index is 1.88. The summed E-state index contributed by atoms with van der Waals surface area (Å²) in [7, 11) is 0. The lowest BCUT2D eigenvalue weighted by Gasteiger charge is -2.05. The number of halogens is 5. The fourth-order valence-electron chi connectivity index (χ4n) is 1.95. The summed E-state index contributed by atoms with van der Waals surface area (Å²) in [5.74, 6) is -0.340. The zero-order valence-corrected chi connectivity index (χ0v) is 13.2. The van der Waals surface area contributed by atoms with Crippen molar-refractivity contribution in [2.45, 2.75) is 12.7 Å². The first-order valence-corrected chi connectivity index (χ1v) is 7.25. The fourth-order valence-corrected chi connectivity index (χ4v) is 2.43. The monoisotopic (exact) mass is 377 g/mol. The summed E-state index contributed by atoms with van der Waals surface area (Å²) in [4.78, 5) is 17.6. The Morgan fingerprint density at radius 1 is 1.25 bits per heavy atom. The van der Waals surface area contributed by atoms with Crippen LogP contribution in [0.5, 0.6) is 0 Å². The number of hydrogen-bond donors (Lipinski definition) is 2. The molecule has 3 aromatic rings. The SMILES string of the molecule is O=c1cc(C(F)(F)F)[nH]c2nc(NCc3ccc(Cl)cc3Cl)nn12. The fraction of sp³-hybridized carbons (Fsp3) is 0.154. The standard InChI is InChI=1S/C13H8Cl2F3N5O/c14-7-2-1-6(8(15)3-7)5-19-11-21-12-20-9(13(16,17)18)4-10(24)23(12)22-11/h1-4H,5H2,(H2,19,20,21,22). The van der Waals surface area contributed by atoms with E-state index < -0.39 is 17.4 Å². The molecular formula is C13H8Cl2F3N5O. The molecule has 0 unspecified atom stereocenters. The normalized spacial score (nSPS) is 11.9. The molecule has 0 radical (unpaired) electrons. The van der Waals surface area contributed by atoms with Crippen LogP contribution in [0.15, 0.2) is 29.1 Å². The Kier molecular flexibility index (Phi) is 4.14. The summed E-state index contributed by atoms with van der Waals surface area (Å²) in [6.07, 6.45) is -4.68. The largest absolute Gasteiger partial charge is 0.431 e. The lowest BCUT2D eigenvalue weighted by molar-refractivity contribution is -0.141. The van der Waals surface area contributed by atoms with Crippen molar-refractivity contribution >= 4 is 34.9 Å². The van der Waals surface area contributed by atoms with E-state index in [0.717, 1.165) is 4.52 Å². The molecule has 0 bridgehead atoms. The Labute approximate surface area is 142 Å². The summed E-state index contributed by atoms with van der Waals surface area (Å²) in [6, 6.07) is 5.29. The van der Waals surface area contributed by atoms with Crippen molar-refractivity contribution in [1.82, 2.24) is 19.6 Å². The third kappa shape index (κ3) is 3.31. The first-order chi connectivity index (χ1) is 11.2. The Morgan fingerprint density at radius 3 is 2.67 bits per heavy atom. The number of anilines is 1. The zero-order chi connectivity index (χ0) is 17.5. The first kappa shape index (κ1) is 16.6. The lowest BCUT2D eigenvalue weighted by atomic mass is 10.2. The summed E-state index contributed by atoms with van der Waals surface area (Å²) in [6.45, 7) is 0.202. The second-order valence-electron chi connectivity index (χ2n) is 4.78. The van der Waals surface area contributed by atoms with E-state index >= 15 is 0 Å². The van der Waals surface area contributed by atoms with Gasteiger partial charge in [0.2, 0.25) is 11.7 Å². The van der Waals surface area contributed by atoms with Gasteiger partial charge in [0.05, 0.1) is 0 Å². The highest BCUT2D eigenvalue weighted by molar-refractivity contribution is 6.35. The van der Waals surface area contributed by atoms with E-state index in [9.17, 15) is 18.0 Å². The number of aromatic nitrogens is 4. The smallest absolute Gasteiger partial charge is 0.349 e. The van der Waals surface area contributed by atoms with Crippen LogP contribution in [-0.2, 0) is 12.7 Å². The van der Waals surface area contributed by atoms with Crippen molar-refractivity contribution in [3.63, 3.8) is 0 Å². The van der Waals surface area contributed by atoms with E-state index in [1.807, 2.05) is 4.98 Å². The second kappa shape index (κ2) is 5.99. The van der Waals surface area contributed by atoms with Crippen molar-refractivity contribution in [2.75, 3.05) is 5.32 Å². The number of nitrogens with one attached hydrogen (secondary N) is 2. The number of rotatable bonds is 3. The minimum absolute atomic E-state index is 0.0197. The molecule has 2 heterocycles. The van der Waals surface area contributed by atoms with E-state index in [-0.39, 0.29) is 18.3 Å². The van der Waals surface area contributed by atoms with Crippen LogP contribution in [-0.4, -0.2) is 19.6 Å². The highest BCUT2D eigenvalue weighted by Crippen LogP contribution is 2.26. The van der Waals surface area contributed by atoms with Gasteiger partial charge >= 0.3 is 6.18 Å². The molecule has 0 saturated heterocycles. The quantitative estimate of drug-likeness (QED) is 0.733. The molecular weight excluding hydrogens is 370 g/mol. The van der Waals surface area contributed by atoms with Crippen LogP contribution in [0.1, 0.15) is 11.3 Å². The summed E-state index contributed by atoms with van der Waals surface area (Å²) < 4.78 is 38.8. The number of H-pyrrole nitrogens is 1. The number of benzene rings is 1. The Morgan fingerprint density at radius 2 is 2.00 bits per heavy atom. The zero-order valence-electron chi connectivity index (χ0n) is 11.7. The molecule has 126 valence electrons. The first-order valence-electron chi connectivity index (χ1n) is 6.49. The van der Waals surface area contributed by atoms with Crippen molar-refractivity contribution in [3.8, 4) is 0 Å². The second-order valence-corrected chi connectivity index (χ2v) is 5.62. The van der Waals surface area contributed by atoms with E-state index in [4.69, 9.17) is 23.2 Å². The van der Waals surface area contributed by atoms with Crippen molar-refractivity contribution in [3.05, 3.63) is 55.9 Å². The van der Waals surface area contributed by atoms with Gasteiger partial charge in [-0.25, -0.2) is 0 Å². The van der Waals surface area contributed by atoms with Crippen LogP contribution in [0.4, 0.5) is 19.1 Å². The topological polar surface area (TPSA) is 75.1 Å². The molecule has 2 aromatic heterocycles. The highest BCUT2D eigenvalue weighted by atomic mass is 35.5. The number of alkyl halides is 3. The van der Waals surface area contributed by atoms with E-state index in [2.05, 4.69) is 15.4 Å². The van der Waals surface area contributed by atoms with Gasteiger partial charge in [-0.15, -0.1) is 5.10 Å². The van der Waals surface area contributed by atoms with Gasteiger partial charge in [-0.2, -0.15) is 22.7 Å². The van der Waals surface area contributed by atoms with Crippen LogP contribution in [0.3, 0.4) is 0 Å². The molecule has 0 amide bonds. The molecule has 3 rings (SSSR count). The van der Waals surface area contributed by atoms with E-state index in [1.54, 1.807) is 18.2 Å². The Bertz CT molecular complexity index is 966.